The molecular formula is C24H26BrN3O7. The molecule has 3 amide bonds. The number of benzene rings is 2. The van der Waals surface area contributed by atoms with Crippen molar-refractivity contribution in [1.29, 1.82) is 0 Å². The zero-order valence-corrected chi connectivity index (χ0v) is 21.4. The zero-order valence-electron chi connectivity index (χ0n) is 19.8. The maximum atomic E-state index is 12.6. The SMILES string of the molecule is COc1ccc(C(=O)NN2C[C@@H](C(=O)OCC(=O)Nc3ccc(Br)c(C)c3C)CC2=O)cc1OC. The summed E-state index contributed by atoms with van der Waals surface area (Å²) in [5.74, 6) is -2.16. The highest BCUT2D eigenvalue weighted by atomic mass is 79.9. The molecule has 1 aliphatic rings. The lowest BCUT2D eigenvalue weighted by Crippen LogP contribution is -2.43. The summed E-state index contributed by atoms with van der Waals surface area (Å²) < 4.78 is 16.4. The first-order valence-electron chi connectivity index (χ1n) is 10.7. The summed E-state index contributed by atoms with van der Waals surface area (Å²) in [4.78, 5) is 49.6. The largest absolute Gasteiger partial charge is 0.493 e. The Labute approximate surface area is 211 Å². The van der Waals surface area contributed by atoms with E-state index in [1.807, 2.05) is 19.9 Å². The van der Waals surface area contributed by atoms with Crippen molar-refractivity contribution in [3.8, 4) is 11.5 Å². The number of anilines is 1. The van der Waals surface area contributed by atoms with Gasteiger partial charge in [-0.3, -0.25) is 29.6 Å². The van der Waals surface area contributed by atoms with E-state index in [1.54, 1.807) is 12.1 Å². The average Bonchev–Trinajstić information content (AvgIpc) is 3.22. The van der Waals surface area contributed by atoms with E-state index in [-0.39, 0.29) is 18.5 Å². The van der Waals surface area contributed by atoms with Gasteiger partial charge in [0.1, 0.15) is 0 Å². The van der Waals surface area contributed by atoms with Crippen LogP contribution >= 0.6 is 15.9 Å². The van der Waals surface area contributed by atoms with Crippen molar-refractivity contribution in [2.24, 2.45) is 5.92 Å². The number of hydrogen-bond donors (Lipinski definition) is 2. The molecule has 0 bridgehead atoms. The van der Waals surface area contributed by atoms with E-state index in [0.29, 0.717) is 17.2 Å². The number of carbonyl (C=O) groups is 4. The number of hydrazine groups is 1. The molecule has 1 saturated heterocycles. The molecule has 0 spiro atoms. The second kappa shape index (κ2) is 11.2. The fourth-order valence-electron chi connectivity index (χ4n) is 3.50. The third kappa shape index (κ3) is 6.10. The Balaban J connectivity index is 1.53. The fourth-order valence-corrected chi connectivity index (χ4v) is 3.93. The summed E-state index contributed by atoms with van der Waals surface area (Å²) in [6.45, 7) is 3.23. The third-order valence-corrected chi connectivity index (χ3v) is 6.54. The highest BCUT2D eigenvalue weighted by Gasteiger charge is 2.36. The van der Waals surface area contributed by atoms with E-state index >= 15 is 0 Å². The molecule has 1 heterocycles. The summed E-state index contributed by atoms with van der Waals surface area (Å²) in [7, 11) is 2.92. The molecule has 10 nitrogen and oxygen atoms in total. The Morgan fingerprint density at radius 2 is 1.77 bits per heavy atom. The normalized spacial score (nSPS) is 14.9. The van der Waals surface area contributed by atoms with Crippen LogP contribution in [0.25, 0.3) is 0 Å². The van der Waals surface area contributed by atoms with E-state index in [2.05, 4.69) is 26.7 Å². The van der Waals surface area contributed by atoms with Crippen molar-refractivity contribution in [3.63, 3.8) is 0 Å². The summed E-state index contributed by atoms with van der Waals surface area (Å²) in [6.07, 6.45) is -0.141. The predicted octanol–water partition coefficient (Wildman–Crippen LogP) is 2.76. The predicted molar refractivity (Wildman–Crippen MR) is 130 cm³/mol. The van der Waals surface area contributed by atoms with Crippen molar-refractivity contribution in [2.75, 3.05) is 32.7 Å². The van der Waals surface area contributed by atoms with E-state index < -0.39 is 36.2 Å². The molecule has 0 saturated carbocycles. The number of nitrogens with zero attached hydrogens (tertiary/aromatic N) is 1. The van der Waals surface area contributed by atoms with Crippen LogP contribution in [-0.4, -0.2) is 56.1 Å². The van der Waals surface area contributed by atoms with Crippen molar-refractivity contribution >= 4 is 45.3 Å². The third-order valence-electron chi connectivity index (χ3n) is 5.68. The minimum atomic E-state index is -0.808. The van der Waals surface area contributed by atoms with Crippen molar-refractivity contribution in [3.05, 3.63) is 51.5 Å². The first-order valence-corrected chi connectivity index (χ1v) is 11.5. The molecule has 2 aromatic carbocycles. The molecule has 1 aliphatic heterocycles. The molecule has 0 aromatic heterocycles. The molecule has 1 fully saturated rings. The van der Waals surface area contributed by atoms with Gasteiger partial charge in [-0.05, 0) is 55.3 Å². The molecule has 0 unspecified atom stereocenters. The molecule has 1 atom stereocenters. The molecule has 11 heteroatoms. The van der Waals surface area contributed by atoms with Gasteiger partial charge in [-0.1, -0.05) is 15.9 Å². The minimum Gasteiger partial charge on any atom is -0.493 e. The maximum Gasteiger partial charge on any atom is 0.311 e. The molecule has 35 heavy (non-hydrogen) atoms. The number of methoxy groups -OCH3 is 2. The number of rotatable bonds is 8. The first kappa shape index (κ1) is 26.0. The lowest BCUT2D eigenvalue weighted by molar-refractivity contribution is -0.151. The van der Waals surface area contributed by atoms with Gasteiger partial charge in [-0.25, -0.2) is 0 Å². The van der Waals surface area contributed by atoms with Crippen molar-refractivity contribution in [1.82, 2.24) is 10.4 Å². The van der Waals surface area contributed by atoms with Crippen LogP contribution in [0.5, 0.6) is 11.5 Å². The monoisotopic (exact) mass is 547 g/mol. The number of halogens is 1. The van der Waals surface area contributed by atoms with E-state index in [4.69, 9.17) is 14.2 Å². The van der Waals surface area contributed by atoms with E-state index in [0.717, 1.165) is 20.6 Å². The Hall–Kier alpha value is -3.60. The Morgan fingerprint density at radius 1 is 1.06 bits per heavy atom. The van der Waals surface area contributed by atoms with Gasteiger partial charge >= 0.3 is 5.97 Å². The van der Waals surface area contributed by atoms with E-state index in [9.17, 15) is 19.2 Å². The number of nitrogens with one attached hydrogen (secondary N) is 2. The highest BCUT2D eigenvalue weighted by molar-refractivity contribution is 9.10. The number of ether oxygens (including phenoxy) is 3. The standard InChI is InChI=1S/C24H26BrN3O7/c1-13-14(2)18(7-6-17(13)25)26-21(29)12-35-24(32)16-10-22(30)28(11-16)27-23(31)15-5-8-19(33-3)20(9-15)34-4/h5-9,16H,10-12H2,1-4H3,(H,26,29)(H,27,31)/t16-/m0/s1. The van der Waals surface area contributed by atoms with Crippen LogP contribution in [0.4, 0.5) is 5.69 Å². The molecular weight excluding hydrogens is 522 g/mol. The summed E-state index contributed by atoms with van der Waals surface area (Å²) in [5.41, 5.74) is 5.23. The Morgan fingerprint density at radius 3 is 2.46 bits per heavy atom. The molecule has 2 aromatic rings. The molecule has 3 rings (SSSR count). The average molecular weight is 548 g/mol. The van der Waals surface area contributed by atoms with Gasteiger partial charge < -0.3 is 19.5 Å². The number of hydrogen-bond acceptors (Lipinski definition) is 7. The van der Waals surface area contributed by atoms with Crippen LogP contribution in [0, 0.1) is 19.8 Å². The topological polar surface area (TPSA) is 123 Å². The lowest BCUT2D eigenvalue weighted by atomic mass is 10.1. The molecule has 2 N–H and O–H groups in total. The van der Waals surface area contributed by atoms with Gasteiger partial charge in [0.25, 0.3) is 11.8 Å². The van der Waals surface area contributed by atoms with E-state index in [1.165, 1.54) is 26.4 Å². The summed E-state index contributed by atoms with van der Waals surface area (Å²) in [5, 5.41) is 3.78. The van der Waals surface area contributed by atoms with Gasteiger partial charge in [-0.15, -0.1) is 0 Å². The number of carbonyl (C=O) groups excluding carboxylic acids is 4. The smallest absolute Gasteiger partial charge is 0.311 e. The van der Waals surface area contributed by atoms with Crippen LogP contribution in [0.3, 0.4) is 0 Å². The number of esters is 1. The van der Waals surface area contributed by atoms with Gasteiger partial charge in [0.05, 0.1) is 26.7 Å². The Kier molecular flexibility index (Phi) is 8.34. The number of amides is 3. The van der Waals surface area contributed by atoms with Crippen molar-refractivity contribution < 1.29 is 33.4 Å². The Bertz CT molecular complexity index is 1170. The summed E-state index contributed by atoms with van der Waals surface area (Å²) in [6, 6.07) is 8.14. The van der Waals surface area contributed by atoms with Crippen LogP contribution in [-0.2, 0) is 19.1 Å². The highest BCUT2D eigenvalue weighted by Crippen LogP contribution is 2.28. The first-order chi connectivity index (χ1) is 16.6. The fraction of sp³-hybridized carbons (Fsp3) is 0.333. The van der Waals surface area contributed by atoms with Crippen molar-refractivity contribution in [2.45, 2.75) is 20.3 Å². The molecule has 0 aliphatic carbocycles. The van der Waals surface area contributed by atoms with Crippen LogP contribution in [0.2, 0.25) is 0 Å². The van der Waals surface area contributed by atoms with Crippen LogP contribution in [0.15, 0.2) is 34.8 Å². The van der Waals surface area contributed by atoms with Gasteiger partial charge in [-0.2, -0.15) is 0 Å². The summed E-state index contributed by atoms with van der Waals surface area (Å²) >= 11 is 3.43. The maximum absolute atomic E-state index is 12.6. The van der Waals surface area contributed by atoms with Crippen LogP contribution in [0.1, 0.15) is 27.9 Å². The van der Waals surface area contributed by atoms with Crippen LogP contribution < -0.4 is 20.2 Å². The second-order valence-electron chi connectivity index (χ2n) is 7.92. The van der Waals surface area contributed by atoms with Gasteiger partial charge in [0, 0.05) is 22.1 Å². The van der Waals surface area contributed by atoms with Gasteiger partial charge in [0.15, 0.2) is 18.1 Å². The molecule has 186 valence electrons. The second-order valence-corrected chi connectivity index (χ2v) is 8.77. The molecule has 0 radical (unpaired) electrons. The minimum absolute atomic E-state index is 0.0661. The lowest BCUT2D eigenvalue weighted by Gasteiger charge is -2.18. The zero-order chi connectivity index (χ0) is 25.7. The quantitative estimate of drug-likeness (QED) is 0.487. The van der Waals surface area contributed by atoms with Gasteiger partial charge in [0.2, 0.25) is 5.91 Å².